The number of aromatic amines is 1. The fourth-order valence-corrected chi connectivity index (χ4v) is 3.78. The van der Waals surface area contributed by atoms with Gasteiger partial charge < -0.3 is 31.8 Å². The van der Waals surface area contributed by atoms with Crippen LogP contribution in [0.2, 0.25) is 0 Å². The molecule has 11 nitrogen and oxygen atoms in total. The molecule has 0 saturated heterocycles. The number of nitrogens with one attached hydrogen (secondary N) is 4. The maximum Gasteiger partial charge on any atom is 0.326 e. The Balaban J connectivity index is 2.22. The van der Waals surface area contributed by atoms with E-state index in [-0.39, 0.29) is 24.7 Å². The Kier molecular flexibility index (Phi) is 11.3. The van der Waals surface area contributed by atoms with Gasteiger partial charge in [-0.3, -0.25) is 14.4 Å². The monoisotopic (exact) mass is 514 g/mol. The van der Waals surface area contributed by atoms with Crippen LogP contribution in [0, 0.1) is 11.8 Å². The van der Waals surface area contributed by atoms with Crippen molar-refractivity contribution in [2.75, 3.05) is 0 Å². The number of rotatable bonds is 14. The summed E-state index contributed by atoms with van der Waals surface area (Å²) in [6.45, 7) is 7.04. The van der Waals surface area contributed by atoms with Gasteiger partial charge >= 0.3 is 5.97 Å². The van der Waals surface area contributed by atoms with Crippen molar-refractivity contribution in [3.8, 4) is 0 Å². The van der Waals surface area contributed by atoms with Crippen LogP contribution in [0.5, 0.6) is 0 Å². The van der Waals surface area contributed by atoms with Crippen LogP contribution in [0.25, 0.3) is 0 Å². The smallest absolute Gasteiger partial charge is 0.326 e. The van der Waals surface area contributed by atoms with Crippen molar-refractivity contribution in [2.24, 2.45) is 17.6 Å². The second-order valence-electron chi connectivity index (χ2n) is 9.58. The molecule has 5 unspecified atom stereocenters. The molecule has 11 heteroatoms. The van der Waals surface area contributed by atoms with Gasteiger partial charge in [0.25, 0.3) is 0 Å². The van der Waals surface area contributed by atoms with E-state index >= 15 is 0 Å². The van der Waals surface area contributed by atoms with Crippen molar-refractivity contribution in [3.63, 3.8) is 0 Å². The highest BCUT2D eigenvalue weighted by atomic mass is 16.4. The quantitative estimate of drug-likeness (QED) is 0.215. The average Bonchev–Trinajstić information content (AvgIpc) is 3.37. The summed E-state index contributed by atoms with van der Waals surface area (Å²) in [5.74, 6) is -3.48. The maximum atomic E-state index is 13.4. The number of H-pyrrole nitrogens is 1. The lowest BCUT2D eigenvalue weighted by Gasteiger charge is -2.29. The van der Waals surface area contributed by atoms with Crippen LogP contribution in [-0.2, 0) is 32.0 Å². The molecule has 5 atom stereocenters. The lowest BCUT2D eigenvalue weighted by atomic mass is 9.95. The van der Waals surface area contributed by atoms with E-state index in [9.17, 15) is 24.3 Å². The van der Waals surface area contributed by atoms with Gasteiger partial charge in [-0.25, -0.2) is 9.78 Å². The minimum Gasteiger partial charge on any atom is -0.480 e. The Morgan fingerprint density at radius 1 is 0.946 bits per heavy atom. The van der Waals surface area contributed by atoms with E-state index in [2.05, 4.69) is 25.9 Å². The SMILES string of the molecule is CCC(C)C(NC(=O)C(Cc1ccccc1)NC(=O)C(N)Cc1cnc[nH]1)C(=O)NC(C(=O)O)C(C)C. The molecule has 1 aromatic heterocycles. The molecular weight excluding hydrogens is 476 g/mol. The van der Waals surface area contributed by atoms with Crippen molar-refractivity contribution < 1.29 is 24.3 Å². The van der Waals surface area contributed by atoms with Crippen LogP contribution in [-0.4, -0.2) is 62.9 Å². The molecule has 37 heavy (non-hydrogen) atoms. The van der Waals surface area contributed by atoms with Crippen molar-refractivity contribution >= 4 is 23.7 Å². The summed E-state index contributed by atoms with van der Waals surface area (Å²) < 4.78 is 0. The maximum absolute atomic E-state index is 13.4. The molecule has 0 spiro atoms. The number of hydrogen-bond acceptors (Lipinski definition) is 6. The van der Waals surface area contributed by atoms with Gasteiger partial charge in [0.15, 0.2) is 0 Å². The highest BCUT2D eigenvalue weighted by Gasteiger charge is 2.33. The first-order valence-electron chi connectivity index (χ1n) is 12.4. The number of benzene rings is 1. The third kappa shape index (κ3) is 9.02. The topological polar surface area (TPSA) is 179 Å². The highest BCUT2D eigenvalue weighted by Crippen LogP contribution is 2.12. The summed E-state index contributed by atoms with van der Waals surface area (Å²) in [4.78, 5) is 57.8. The number of hydrogen-bond donors (Lipinski definition) is 6. The normalized spacial score (nSPS) is 15.2. The van der Waals surface area contributed by atoms with Crippen LogP contribution in [0.15, 0.2) is 42.9 Å². The van der Waals surface area contributed by atoms with Crippen molar-refractivity contribution in [1.82, 2.24) is 25.9 Å². The summed E-state index contributed by atoms with van der Waals surface area (Å²) in [6.07, 6.45) is 3.99. The van der Waals surface area contributed by atoms with E-state index < -0.39 is 47.9 Å². The molecule has 3 amide bonds. The molecule has 0 aliphatic rings. The Labute approximate surface area is 217 Å². The van der Waals surface area contributed by atoms with E-state index in [0.29, 0.717) is 12.1 Å². The zero-order chi connectivity index (χ0) is 27.5. The Bertz CT molecular complexity index is 1030. The molecule has 0 aliphatic heterocycles. The molecule has 202 valence electrons. The van der Waals surface area contributed by atoms with Crippen LogP contribution in [0.1, 0.15) is 45.4 Å². The zero-order valence-corrected chi connectivity index (χ0v) is 21.7. The van der Waals surface area contributed by atoms with E-state index in [1.807, 2.05) is 37.3 Å². The molecule has 0 radical (unpaired) electrons. The van der Waals surface area contributed by atoms with Gasteiger partial charge in [-0.15, -0.1) is 0 Å². The minimum absolute atomic E-state index is 0.174. The molecule has 2 aromatic rings. The molecule has 0 saturated carbocycles. The fraction of sp³-hybridized carbons (Fsp3) is 0.500. The third-order valence-electron chi connectivity index (χ3n) is 6.27. The van der Waals surface area contributed by atoms with E-state index in [0.717, 1.165) is 5.56 Å². The van der Waals surface area contributed by atoms with Gasteiger partial charge in [-0.2, -0.15) is 0 Å². The van der Waals surface area contributed by atoms with Crippen LogP contribution < -0.4 is 21.7 Å². The van der Waals surface area contributed by atoms with Crippen LogP contribution in [0.3, 0.4) is 0 Å². The first-order chi connectivity index (χ1) is 17.5. The third-order valence-corrected chi connectivity index (χ3v) is 6.27. The second-order valence-corrected chi connectivity index (χ2v) is 9.58. The number of nitrogens with two attached hydrogens (primary N) is 1. The molecule has 0 fully saturated rings. The van der Waals surface area contributed by atoms with E-state index in [1.54, 1.807) is 27.0 Å². The Morgan fingerprint density at radius 2 is 1.59 bits per heavy atom. The molecule has 1 aromatic carbocycles. The highest BCUT2D eigenvalue weighted by molar-refractivity contribution is 5.94. The number of amides is 3. The van der Waals surface area contributed by atoms with Crippen LogP contribution in [0.4, 0.5) is 0 Å². The number of carbonyl (C=O) groups is 4. The molecule has 7 N–H and O–H groups in total. The standard InChI is InChI=1S/C26H38N6O5/c1-5-16(4)22(25(35)31-21(15(2)3)26(36)37)32-24(34)20(11-17-9-7-6-8-10-17)30-23(33)19(27)12-18-13-28-14-29-18/h6-10,13-16,19-22H,5,11-12,27H2,1-4H3,(H,28,29)(H,30,33)(H,31,35)(H,32,34)(H,36,37). The number of nitrogens with zero attached hydrogens (tertiary/aromatic N) is 1. The molecule has 0 aliphatic carbocycles. The van der Waals surface area contributed by atoms with E-state index in [1.165, 1.54) is 6.33 Å². The molecule has 1 heterocycles. The van der Waals surface area contributed by atoms with Crippen molar-refractivity contribution in [2.45, 2.75) is 71.1 Å². The van der Waals surface area contributed by atoms with Crippen LogP contribution >= 0.6 is 0 Å². The minimum atomic E-state index is -1.15. The van der Waals surface area contributed by atoms with E-state index in [4.69, 9.17) is 5.73 Å². The van der Waals surface area contributed by atoms with Gasteiger partial charge in [0, 0.05) is 24.7 Å². The van der Waals surface area contributed by atoms with Gasteiger partial charge in [0.2, 0.25) is 17.7 Å². The van der Waals surface area contributed by atoms with Crippen molar-refractivity contribution in [3.05, 3.63) is 54.1 Å². The molecule has 0 bridgehead atoms. The summed E-state index contributed by atoms with van der Waals surface area (Å²) in [5, 5.41) is 17.5. The first-order valence-corrected chi connectivity index (χ1v) is 12.4. The predicted molar refractivity (Wildman–Crippen MR) is 138 cm³/mol. The second kappa shape index (κ2) is 14.1. The zero-order valence-electron chi connectivity index (χ0n) is 21.7. The van der Waals surface area contributed by atoms with Gasteiger partial charge in [0.1, 0.15) is 18.1 Å². The number of carboxylic acid groups (broad SMARTS) is 1. The van der Waals surface area contributed by atoms with Gasteiger partial charge in [-0.1, -0.05) is 64.4 Å². The predicted octanol–water partition coefficient (Wildman–Crippen LogP) is 0.763. The first kappa shape index (κ1) is 29.5. The number of aromatic nitrogens is 2. The number of carboxylic acids is 1. The largest absolute Gasteiger partial charge is 0.480 e. The Hall–Kier alpha value is -3.73. The summed E-state index contributed by atoms with van der Waals surface area (Å²) in [5.41, 5.74) is 7.55. The summed E-state index contributed by atoms with van der Waals surface area (Å²) >= 11 is 0. The lowest BCUT2D eigenvalue weighted by molar-refractivity contribution is -0.144. The fourth-order valence-electron chi connectivity index (χ4n) is 3.78. The van der Waals surface area contributed by atoms with Gasteiger partial charge in [0.05, 0.1) is 12.4 Å². The number of aliphatic carboxylic acids is 1. The molecule has 2 rings (SSSR count). The molecular formula is C26H38N6O5. The van der Waals surface area contributed by atoms with Crippen molar-refractivity contribution in [1.29, 1.82) is 0 Å². The summed E-state index contributed by atoms with van der Waals surface area (Å²) in [6, 6.07) is 5.11. The Morgan fingerprint density at radius 3 is 2.14 bits per heavy atom. The lowest BCUT2D eigenvalue weighted by Crippen LogP contribution is -2.59. The van der Waals surface area contributed by atoms with Gasteiger partial charge in [-0.05, 0) is 17.4 Å². The number of imidazole rings is 1. The average molecular weight is 515 g/mol. The number of carbonyl (C=O) groups excluding carboxylic acids is 3. The summed E-state index contributed by atoms with van der Waals surface area (Å²) in [7, 11) is 0.